The number of carbonyl (C=O) groups is 1. The van der Waals surface area contributed by atoms with E-state index >= 15 is 0 Å². The number of ether oxygens (including phenoxy) is 1. The third kappa shape index (κ3) is 5.94. The van der Waals surface area contributed by atoms with Gasteiger partial charge in [-0.3, -0.25) is 4.79 Å². The lowest BCUT2D eigenvalue weighted by Crippen LogP contribution is -2.68. The summed E-state index contributed by atoms with van der Waals surface area (Å²) in [4.78, 5) is 21.8. The molecule has 2 heterocycles. The first-order valence-electron chi connectivity index (χ1n) is 8.68. The van der Waals surface area contributed by atoms with E-state index < -0.39 is 10.2 Å². The van der Waals surface area contributed by atoms with Crippen molar-refractivity contribution in [3.05, 3.63) is 36.4 Å². The van der Waals surface area contributed by atoms with Crippen LogP contribution >= 0.6 is 0 Å². The van der Waals surface area contributed by atoms with Crippen LogP contribution in [0.5, 0.6) is 0 Å². The lowest BCUT2D eigenvalue weighted by Gasteiger charge is -2.28. The van der Waals surface area contributed by atoms with Crippen molar-refractivity contribution in [1.82, 2.24) is 4.98 Å². The van der Waals surface area contributed by atoms with Crippen LogP contribution in [0.4, 0.5) is 11.4 Å². The second kappa shape index (κ2) is 8.82. The zero-order valence-corrected chi connectivity index (χ0v) is 16.3. The van der Waals surface area contributed by atoms with Crippen molar-refractivity contribution in [3.8, 4) is 0 Å². The molecule has 29 heavy (non-hydrogen) atoms. The van der Waals surface area contributed by atoms with Gasteiger partial charge in [-0.15, -0.1) is 10.2 Å². The van der Waals surface area contributed by atoms with Crippen LogP contribution in [-0.2, 0) is 9.53 Å². The van der Waals surface area contributed by atoms with Crippen LogP contribution in [0.1, 0.15) is 6.92 Å². The molecule has 1 amide bonds. The standard InChI is InChI=1S/C18H18N4O2.ClHO4/c1-12(23)19-15-3-2-4-16-18(15)21-14-6-5-13(11-17(14)20-16)22-7-9-24-10-8-22;2-1(3,4)5/h2-6,11H,7-10H2,1H3,(H,19,23);(H,2,3,4,5). The Labute approximate surface area is 168 Å². The molecule has 0 aliphatic carbocycles. The number of nitrogens with zero attached hydrogens (tertiary/aromatic N) is 2. The van der Waals surface area contributed by atoms with E-state index in [4.69, 9.17) is 28.4 Å². The number of aromatic amines is 1. The minimum absolute atomic E-state index is 0.0985. The van der Waals surface area contributed by atoms with E-state index in [1.807, 2.05) is 24.3 Å². The van der Waals surface area contributed by atoms with Gasteiger partial charge in [0.05, 0.1) is 13.2 Å². The highest BCUT2D eigenvalue weighted by molar-refractivity contribution is 5.98. The summed E-state index contributed by atoms with van der Waals surface area (Å²) < 4.78 is 39.4. The molecule has 4 rings (SSSR count). The van der Waals surface area contributed by atoms with E-state index in [0.717, 1.165) is 59.7 Å². The Bertz CT molecular complexity index is 1010. The van der Waals surface area contributed by atoms with Gasteiger partial charge in [0, 0.05) is 31.8 Å². The number of hydrogen-bond donors (Lipinski definition) is 1. The predicted molar refractivity (Wildman–Crippen MR) is 93.1 cm³/mol. The lowest BCUT2D eigenvalue weighted by molar-refractivity contribution is -2.00. The predicted octanol–water partition coefficient (Wildman–Crippen LogP) is -2.76. The van der Waals surface area contributed by atoms with Crippen molar-refractivity contribution in [2.75, 3.05) is 36.5 Å². The number of benzene rings is 2. The Morgan fingerprint density at radius 2 is 1.83 bits per heavy atom. The summed E-state index contributed by atoms with van der Waals surface area (Å²) in [5.74, 6) is -0.0985. The maximum Gasteiger partial charge on any atom is 0.253 e. The molecule has 154 valence electrons. The highest BCUT2D eigenvalue weighted by atomic mass is 35.7. The van der Waals surface area contributed by atoms with E-state index in [1.165, 1.54) is 6.92 Å². The third-order valence-electron chi connectivity index (χ3n) is 4.21. The molecule has 1 saturated heterocycles. The molecule has 1 aliphatic heterocycles. The van der Waals surface area contributed by atoms with Gasteiger partial charge in [0.1, 0.15) is 16.7 Å². The summed E-state index contributed by atoms with van der Waals surface area (Å²) in [6.45, 7) is 4.82. The molecule has 0 unspecified atom stereocenters. The minimum Gasteiger partial charge on any atom is -0.378 e. The molecule has 10 nitrogen and oxygen atoms in total. The number of halogens is 1. The largest absolute Gasteiger partial charge is 0.378 e. The summed E-state index contributed by atoms with van der Waals surface area (Å²) in [5.41, 5.74) is 5.41. The average molecular weight is 423 g/mol. The second-order valence-electron chi connectivity index (χ2n) is 6.30. The average Bonchev–Trinajstić information content (AvgIpc) is 2.65. The van der Waals surface area contributed by atoms with Crippen molar-refractivity contribution >= 4 is 39.3 Å². The van der Waals surface area contributed by atoms with E-state index in [1.54, 1.807) is 0 Å². The smallest absolute Gasteiger partial charge is 0.253 e. The summed E-state index contributed by atoms with van der Waals surface area (Å²) in [7, 11) is -4.94. The van der Waals surface area contributed by atoms with E-state index in [2.05, 4.69) is 27.3 Å². The summed E-state index contributed by atoms with van der Waals surface area (Å²) in [6, 6.07) is 11.9. The fourth-order valence-corrected chi connectivity index (χ4v) is 3.06. The van der Waals surface area contributed by atoms with Crippen molar-refractivity contribution in [2.45, 2.75) is 6.92 Å². The van der Waals surface area contributed by atoms with Crippen molar-refractivity contribution in [1.29, 1.82) is 0 Å². The first-order chi connectivity index (χ1) is 13.7. The summed E-state index contributed by atoms with van der Waals surface area (Å²) in [5, 5.41) is 2.84. The van der Waals surface area contributed by atoms with E-state index in [9.17, 15) is 4.79 Å². The molecule has 0 atom stereocenters. The zero-order valence-electron chi connectivity index (χ0n) is 15.5. The van der Waals surface area contributed by atoms with Crippen LogP contribution in [0.15, 0.2) is 36.4 Å². The minimum atomic E-state index is -4.94. The first kappa shape index (κ1) is 21.1. The molecule has 1 aromatic heterocycles. The fourth-order valence-electron chi connectivity index (χ4n) is 3.06. The topological polar surface area (TPSA) is 161 Å². The normalized spacial score (nSPS) is 14.4. The molecule has 2 N–H and O–H groups in total. The number of amides is 1. The fraction of sp³-hybridized carbons (Fsp3) is 0.278. The summed E-state index contributed by atoms with van der Waals surface area (Å²) >= 11 is 0. The highest BCUT2D eigenvalue weighted by Crippen LogP contribution is 2.23. The SMILES string of the molecule is CC(=O)Nc1cccc2nc3cc(N4CCOCC4)ccc3[nH+]c12.[O-][Cl+3]([O-])([O-])[O-]. The molecule has 0 spiro atoms. The maximum absolute atomic E-state index is 11.4. The lowest BCUT2D eigenvalue weighted by atomic mass is 10.2. The number of nitrogens with one attached hydrogen (secondary N) is 2. The van der Waals surface area contributed by atoms with Gasteiger partial charge in [-0.25, -0.2) is 23.6 Å². The monoisotopic (exact) mass is 422 g/mol. The molecule has 0 radical (unpaired) electrons. The van der Waals surface area contributed by atoms with Gasteiger partial charge in [-0.2, -0.15) is 4.98 Å². The Balaban J connectivity index is 0.000000431. The number of aromatic nitrogens is 2. The number of anilines is 2. The second-order valence-corrected chi connectivity index (χ2v) is 7.05. The zero-order chi connectivity index (χ0) is 21.0. The molecule has 3 aromatic rings. The van der Waals surface area contributed by atoms with Gasteiger partial charge in [-0.05, 0) is 24.3 Å². The van der Waals surface area contributed by atoms with Crippen LogP contribution in [0.2, 0.25) is 0 Å². The molecule has 2 aromatic carbocycles. The van der Waals surface area contributed by atoms with Crippen LogP contribution in [0.3, 0.4) is 0 Å². The van der Waals surface area contributed by atoms with Crippen LogP contribution in [-0.4, -0.2) is 37.2 Å². The number of hydrogen-bond acceptors (Lipinski definition) is 8. The molecular weight excluding hydrogens is 404 g/mol. The van der Waals surface area contributed by atoms with Crippen molar-refractivity contribution in [2.24, 2.45) is 0 Å². The highest BCUT2D eigenvalue weighted by Gasteiger charge is 2.16. The summed E-state index contributed by atoms with van der Waals surface area (Å²) in [6.07, 6.45) is 0. The molecular formula is C18H19ClN4O6. The van der Waals surface area contributed by atoms with Gasteiger partial charge in [-0.1, -0.05) is 6.07 Å². The number of rotatable bonds is 2. The number of H-pyrrole nitrogens is 1. The van der Waals surface area contributed by atoms with Gasteiger partial charge >= 0.3 is 0 Å². The molecule has 0 bridgehead atoms. The van der Waals surface area contributed by atoms with Crippen LogP contribution in [0, 0.1) is 10.2 Å². The van der Waals surface area contributed by atoms with Gasteiger partial charge < -0.3 is 15.0 Å². The Morgan fingerprint density at radius 1 is 1.14 bits per heavy atom. The number of carbonyl (C=O) groups excluding carboxylic acids is 1. The quantitative estimate of drug-likeness (QED) is 0.434. The van der Waals surface area contributed by atoms with Gasteiger partial charge in [0.25, 0.3) is 5.52 Å². The van der Waals surface area contributed by atoms with Crippen LogP contribution in [0.25, 0.3) is 22.1 Å². The number of morpholine rings is 1. The Kier molecular flexibility index (Phi) is 6.42. The van der Waals surface area contributed by atoms with Crippen molar-refractivity contribution in [3.63, 3.8) is 0 Å². The first-order valence-corrected chi connectivity index (χ1v) is 9.92. The molecule has 1 aliphatic rings. The maximum atomic E-state index is 11.4. The van der Waals surface area contributed by atoms with Crippen LogP contribution < -0.4 is 33.8 Å². The van der Waals surface area contributed by atoms with E-state index in [-0.39, 0.29) is 5.91 Å². The molecule has 1 fully saturated rings. The number of para-hydroxylation sites is 1. The third-order valence-corrected chi connectivity index (χ3v) is 4.21. The Morgan fingerprint density at radius 3 is 2.48 bits per heavy atom. The number of fused-ring (bicyclic) bond motifs is 2. The van der Waals surface area contributed by atoms with Gasteiger partial charge in [0.2, 0.25) is 11.4 Å². The van der Waals surface area contributed by atoms with Gasteiger partial charge in [0.15, 0.2) is 0 Å². The molecule has 0 saturated carbocycles. The molecule has 11 heteroatoms. The van der Waals surface area contributed by atoms with E-state index in [0.29, 0.717) is 0 Å². The van der Waals surface area contributed by atoms with Crippen molar-refractivity contribution < 1.29 is 43.4 Å². The Hall–Kier alpha value is -2.60.